The highest BCUT2D eigenvalue weighted by Gasteiger charge is 2.42. The molecule has 5 nitrogen and oxygen atoms in total. The molecule has 0 radical (unpaired) electrons. The maximum Gasteiger partial charge on any atom is 0.222 e. The van der Waals surface area contributed by atoms with E-state index in [1.54, 1.807) is 16.6 Å². The fraction of sp³-hybridized carbons (Fsp3) is 0.667. The molecule has 2 heterocycles. The Balaban J connectivity index is 2.07. The molecule has 0 aliphatic carbocycles. The number of aromatic nitrogens is 1. The molecule has 1 aliphatic rings. The van der Waals surface area contributed by atoms with Crippen molar-refractivity contribution in [3.63, 3.8) is 0 Å². The van der Waals surface area contributed by atoms with Crippen molar-refractivity contribution in [2.75, 3.05) is 6.61 Å². The standard InChI is InChI=1S/C12H18N2O3S/c1-8(15)14-9(6-17-12(14,2)3)4-10(16)11-5-13-7-18-11/h5,7,9-10,16H,4,6H2,1-3H3/t9?,10-/m1/s1. The highest BCUT2D eigenvalue weighted by atomic mass is 32.1. The van der Waals surface area contributed by atoms with Crippen LogP contribution >= 0.6 is 11.3 Å². The zero-order valence-electron chi connectivity index (χ0n) is 10.8. The van der Waals surface area contributed by atoms with Crippen molar-refractivity contribution in [1.82, 2.24) is 9.88 Å². The van der Waals surface area contributed by atoms with Gasteiger partial charge in [0, 0.05) is 19.5 Å². The average molecular weight is 270 g/mol. The first kappa shape index (κ1) is 13.5. The molecule has 2 rings (SSSR count). The van der Waals surface area contributed by atoms with E-state index < -0.39 is 11.8 Å². The third-order valence-electron chi connectivity index (χ3n) is 3.19. The van der Waals surface area contributed by atoms with Crippen LogP contribution in [0.5, 0.6) is 0 Å². The Morgan fingerprint density at radius 3 is 3.06 bits per heavy atom. The Hall–Kier alpha value is -0.980. The predicted octanol–water partition coefficient (Wildman–Crippen LogP) is 1.55. The third kappa shape index (κ3) is 2.55. The van der Waals surface area contributed by atoms with Gasteiger partial charge in [0.15, 0.2) is 0 Å². The van der Waals surface area contributed by atoms with Gasteiger partial charge in [-0.2, -0.15) is 0 Å². The van der Waals surface area contributed by atoms with Gasteiger partial charge in [0.05, 0.1) is 29.1 Å². The van der Waals surface area contributed by atoms with Gasteiger partial charge in [-0.25, -0.2) is 0 Å². The van der Waals surface area contributed by atoms with E-state index in [-0.39, 0.29) is 11.9 Å². The van der Waals surface area contributed by atoms with Crippen molar-refractivity contribution in [2.45, 2.75) is 45.1 Å². The van der Waals surface area contributed by atoms with E-state index in [1.165, 1.54) is 18.3 Å². The van der Waals surface area contributed by atoms with Gasteiger partial charge in [-0.1, -0.05) is 0 Å². The number of aliphatic hydroxyl groups is 1. The minimum absolute atomic E-state index is 0.0287. The summed E-state index contributed by atoms with van der Waals surface area (Å²) < 4.78 is 5.63. The first-order valence-corrected chi connectivity index (χ1v) is 6.80. The van der Waals surface area contributed by atoms with Crippen molar-refractivity contribution in [1.29, 1.82) is 0 Å². The Morgan fingerprint density at radius 2 is 2.50 bits per heavy atom. The summed E-state index contributed by atoms with van der Waals surface area (Å²) in [6.07, 6.45) is 1.54. The van der Waals surface area contributed by atoms with Gasteiger partial charge in [0.1, 0.15) is 5.72 Å². The molecule has 0 saturated carbocycles. The van der Waals surface area contributed by atoms with E-state index in [1.807, 2.05) is 13.8 Å². The molecule has 0 bridgehead atoms. The zero-order valence-corrected chi connectivity index (χ0v) is 11.6. The second-order valence-corrected chi connectivity index (χ2v) is 5.87. The summed E-state index contributed by atoms with van der Waals surface area (Å²) >= 11 is 1.42. The molecule has 6 heteroatoms. The Bertz CT molecular complexity index is 419. The minimum atomic E-state index is -0.596. The number of hydrogen-bond acceptors (Lipinski definition) is 5. The maximum absolute atomic E-state index is 11.7. The molecule has 1 aliphatic heterocycles. The SMILES string of the molecule is CC(=O)N1C(C[C@@H](O)c2cncs2)COC1(C)C. The summed E-state index contributed by atoms with van der Waals surface area (Å²) in [6.45, 7) is 5.73. The summed E-state index contributed by atoms with van der Waals surface area (Å²) in [6, 6.07) is -0.0883. The van der Waals surface area contributed by atoms with E-state index >= 15 is 0 Å². The summed E-state index contributed by atoms with van der Waals surface area (Å²) in [5, 5.41) is 10.1. The van der Waals surface area contributed by atoms with Gasteiger partial charge in [-0.3, -0.25) is 9.78 Å². The Morgan fingerprint density at radius 1 is 1.78 bits per heavy atom. The predicted molar refractivity (Wildman–Crippen MR) is 68.0 cm³/mol. The van der Waals surface area contributed by atoms with Crippen molar-refractivity contribution in [3.8, 4) is 0 Å². The normalized spacial score (nSPS) is 24.2. The number of carbonyl (C=O) groups excluding carboxylic acids is 1. The monoisotopic (exact) mass is 270 g/mol. The van der Waals surface area contributed by atoms with Gasteiger partial charge in [-0.15, -0.1) is 11.3 Å². The number of thiazole rings is 1. The topological polar surface area (TPSA) is 62.7 Å². The molecule has 1 amide bonds. The Labute approximate surface area is 110 Å². The molecule has 18 heavy (non-hydrogen) atoms. The number of carbonyl (C=O) groups is 1. The molecule has 2 atom stereocenters. The van der Waals surface area contributed by atoms with Crippen LogP contribution in [0.1, 0.15) is 38.2 Å². The lowest BCUT2D eigenvalue weighted by Gasteiger charge is -2.33. The first-order valence-electron chi connectivity index (χ1n) is 5.92. The van der Waals surface area contributed by atoms with E-state index in [2.05, 4.69) is 4.98 Å². The van der Waals surface area contributed by atoms with Crippen molar-refractivity contribution in [3.05, 3.63) is 16.6 Å². The molecular formula is C12H18N2O3S. The van der Waals surface area contributed by atoms with Crippen molar-refractivity contribution in [2.24, 2.45) is 0 Å². The summed E-state index contributed by atoms with van der Waals surface area (Å²) in [7, 11) is 0. The molecule has 1 N–H and O–H groups in total. The number of nitrogens with zero attached hydrogens (tertiary/aromatic N) is 2. The van der Waals surface area contributed by atoms with Crippen LogP contribution in [-0.4, -0.2) is 39.3 Å². The smallest absolute Gasteiger partial charge is 0.222 e. The van der Waals surface area contributed by atoms with Gasteiger partial charge in [0.25, 0.3) is 0 Å². The maximum atomic E-state index is 11.7. The quantitative estimate of drug-likeness (QED) is 0.905. The summed E-state index contributed by atoms with van der Waals surface area (Å²) in [5.74, 6) is -0.0287. The van der Waals surface area contributed by atoms with E-state index in [4.69, 9.17) is 4.74 Å². The van der Waals surface area contributed by atoms with E-state index in [9.17, 15) is 9.90 Å². The van der Waals surface area contributed by atoms with Crippen molar-refractivity contribution < 1.29 is 14.6 Å². The minimum Gasteiger partial charge on any atom is -0.387 e. The fourth-order valence-corrected chi connectivity index (χ4v) is 3.08. The highest BCUT2D eigenvalue weighted by Crippen LogP contribution is 2.33. The lowest BCUT2D eigenvalue weighted by atomic mass is 10.1. The van der Waals surface area contributed by atoms with E-state index in [0.717, 1.165) is 4.88 Å². The number of amides is 1. The van der Waals surface area contributed by atoms with Gasteiger partial charge in [-0.05, 0) is 13.8 Å². The first-order chi connectivity index (χ1) is 8.42. The van der Waals surface area contributed by atoms with E-state index in [0.29, 0.717) is 13.0 Å². The number of ether oxygens (including phenoxy) is 1. The van der Waals surface area contributed by atoms with Crippen LogP contribution in [0, 0.1) is 0 Å². The molecular weight excluding hydrogens is 252 g/mol. The van der Waals surface area contributed by atoms with Crippen LogP contribution in [0.25, 0.3) is 0 Å². The van der Waals surface area contributed by atoms with Crippen LogP contribution in [0.15, 0.2) is 11.7 Å². The van der Waals surface area contributed by atoms with Gasteiger partial charge < -0.3 is 14.7 Å². The second kappa shape index (κ2) is 4.95. The lowest BCUT2D eigenvalue weighted by molar-refractivity contribution is -0.144. The molecule has 1 saturated heterocycles. The van der Waals surface area contributed by atoms with Crippen LogP contribution in [0.3, 0.4) is 0 Å². The average Bonchev–Trinajstić information content (AvgIpc) is 2.85. The highest BCUT2D eigenvalue weighted by molar-refractivity contribution is 7.09. The fourth-order valence-electron chi connectivity index (χ4n) is 2.46. The molecule has 1 fully saturated rings. The molecule has 0 spiro atoms. The van der Waals surface area contributed by atoms with Crippen LogP contribution < -0.4 is 0 Å². The molecule has 1 aromatic rings. The van der Waals surface area contributed by atoms with Gasteiger partial charge >= 0.3 is 0 Å². The van der Waals surface area contributed by atoms with Crippen molar-refractivity contribution >= 4 is 17.2 Å². The summed E-state index contributed by atoms with van der Waals surface area (Å²) in [5.41, 5.74) is 1.10. The Kier molecular flexibility index (Phi) is 3.70. The molecule has 1 unspecified atom stereocenters. The third-order valence-corrected chi connectivity index (χ3v) is 4.07. The largest absolute Gasteiger partial charge is 0.387 e. The lowest BCUT2D eigenvalue weighted by Crippen LogP contribution is -2.47. The van der Waals surface area contributed by atoms with Crippen LogP contribution in [-0.2, 0) is 9.53 Å². The van der Waals surface area contributed by atoms with Crippen LogP contribution in [0.2, 0.25) is 0 Å². The number of rotatable bonds is 3. The number of aliphatic hydroxyl groups excluding tert-OH is 1. The van der Waals surface area contributed by atoms with Gasteiger partial charge in [0.2, 0.25) is 5.91 Å². The molecule has 0 aromatic carbocycles. The zero-order chi connectivity index (χ0) is 13.3. The number of hydrogen-bond donors (Lipinski definition) is 1. The molecule has 1 aromatic heterocycles. The second-order valence-electron chi connectivity index (χ2n) is 4.96. The molecule has 100 valence electrons. The summed E-state index contributed by atoms with van der Waals surface area (Å²) in [4.78, 5) is 18.2. The van der Waals surface area contributed by atoms with Crippen LogP contribution in [0.4, 0.5) is 0 Å².